The Bertz CT molecular complexity index is 1310. The Hall–Kier alpha value is -3.93. The second-order valence-electron chi connectivity index (χ2n) is 6.99. The molecule has 1 heterocycles. The number of rotatable bonds is 4. The second-order valence-corrected chi connectivity index (χ2v) is 6.99. The largest absolute Gasteiger partial charge is 0.323 e. The first-order valence-electron chi connectivity index (χ1n) is 9.17. The van der Waals surface area contributed by atoms with Gasteiger partial charge in [-0.2, -0.15) is 0 Å². The number of ketones is 1. The van der Waals surface area contributed by atoms with Gasteiger partial charge in [0.05, 0.1) is 16.6 Å². The van der Waals surface area contributed by atoms with Crippen molar-refractivity contribution in [3.05, 3.63) is 99.0 Å². The molecule has 3 N–H and O–H groups in total. The van der Waals surface area contributed by atoms with E-state index in [1.54, 1.807) is 42.5 Å². The fourth-order valence-electron chi connectivity index (χ4n) is 3.31. The Balaban J connectivity index is 1.68. The lowest BCUT2D eigenvalue weighted by molar-refractivity contribution is 0.0996. The minimum absolute atomic E-state index is 0.192. The van der Waals surface area contributed by atoms with E-state index in [-0.39, 0.29) is 11.5 Å². The molecule has 4 rings (SSSR count). The van der Waals surface area contributed by atoms with E-state index in [4.69, 9.17) is 0 Å². The molecular weight excluding hydrogens is 366 g/mol. The van der Waals surface area contributed by atoms with Crippen LogP contribution in [-0.2, 0) is 0 Å². The Morgan fingerprint density at radius 2 is 1.52 bits per heavy atom. The van der Waals surface area contributed by atoms with Gasteiger partial charge in [-0.3, -0.25) is 9.59 Å². The third-order valence-corrected chi connectivity index (χ3v) is 4.83. The molecule has 144 valence electrons. The van der Waals surface area contributed by atoms with Crippen LogP contribution in [0, 0.1) is 13.8 Å². The first-order valence-corrected chi connectivity index (χ1v) is 9.17. The number of carbonyl (C=O) groups excluding carboxylic acids is 2. The molecular formula is C23H19N3O3. The van der Waals surface area contributed by atoms with Gasteiger partial charge in [0.15, 0.2) is 5.78 Å². The lowest BCUT2D eigenvalue weighted by Crippen LogP contribution is -2.17. The molecule has 0 saturated carbocycles. The maximum atomic E-state index is 13.2. The summed E-state index contributed by atoms with van der Waals surface area (Å²) in [5.41, 5.74) is 4.51. The standard InChI is InChI=1S/C23H19N3O3/c1-13-7-8-14(2)18(11-13)21(27)16-5-3-4-6-17(16)22(28)24-15-9-10-19-20(12-15)26-23(29)25-19/h3-12H,1-2H3,(H,24,28)(H2,25,26,29). The predicted molar refractivity (Wildman–Crippen MR) is 113 cm³/mol. The van der Waals surface area contributed by atoms with Crippen molar-refractivity contribution >= 4 is 28.4 Å². The van der Waals surface area contributed by atoms with Crippen molar-refractivity contribution in [1.29, 1.82) is 0 Å². The zero-order valence-corrected chi connectivity index (χ0v) is 16.0. The molecule has 0 bridgehead atoms. The number of amides is 1. The maximum Gasteiger partial charge on any atom is 0.323 e. The van der Waals surface area contributed by atoms with E-state index in [9.17, 15) is 14.4 Å². The molecule has 0 aliphatic rings. The number of benzene rings is 3. The van der Waals surface area contributed by atoms with Crippen LogP contribution in [0.4, 0.5) is 5.69 Å². The van der Waals surface area contributed by atoms with E-state index in [0.717, 1.165) is 11.1 Å². The predicted octanol–water partition coefficient (Wildman–Crippen LogP) is 3.96. The summed E-state index contributed by atoms with van der Waals surface area (Å²) in [7, 11) is 0. The van der Waals surface area contributed by atoms with Gasteiger partial charge in [-0.05, 0) is 49.7 Å². The van der Waals surface area contributed by atoms with Crippen LogP contribution < -0.4 is 11.0 Å². The number of aromatic nitrogens is 2. The van der Waals surface area contributed by atoms with Crippen LogP contribution in [0.15, 0.2) is 65.5 Å². The molecule has 0 aliphatic heterocycles. The number of aryl methyl sites for hydroxylation is 2. The van der Waals surface area contributed by atoms with Crippen LogP contribution in [0.3, 0.4) is 0 Å². The second kappa shape index (κ2) is 7.24. The van der Waals surface area contributed by atoms with Crippen LogP contribution in [0.1, 0.15) is 37.4 Å². The van der Waals surface area contributed by atoms with Gasteiger partial charge in [0.2, 0.25) is 0 Å². The number of hydrogen-bond acceptors (Lipinski definition) is 3. The van der Waals surface area contributed by atoms with Crippen molar-refractivity contribution in [2.75, 3.05) is 5.32 Å². The summed E-state index contributed by atoms with van der Waals surface area (Å²) in [4.78, 5) is 42.8. The molecule has 0 aliphatic carbocycles. The van der Waals surface area contributed by atoms with Crippen LogP contribution in [0.25, 0.3) is 11.0 Å². The number of H-pyrrole nitrogens is 2. The molecule has 6 heteroatoms. The lowest BCUT2D eigenvalue weighted by atomic mass is 9.94. The van der Waals surface area contributed by atoms with Crippen LogP contribution in [0.2, 0.25) is 0 Å². The van der Waals surface area contributed by atoms with E-state index in [1.807, 2.05) is 32.0 Å². The van der Waals surface area contributed by atoms with Gasteiger partial charge < -0.3 is 15.3 Å². The first kappa shape index (κ1) is 18.4. The van der Waals surface area contributed by atoms with Gasteiger partial charge in [-0.25, -0.2) is 4.79 Å². The summed E-state index contributed by atoms with van der Waals surface area (Å²) in [5.74, 6) is -0.584. The minimum Gasteiger partial charge on any atom is -0.322 e. The molecule has 1 aromatic heterocycles. The Morgan fingerprint density at radius 3 is 2.31 bits per heavy atom. The summed E-state index contributed by atoms with van der Waals surface area (Å²) in [6.45, 7) is 3.80. The van der Waals surface area contributed by atoms with Crippen LogP contribution >= 0.6 is 0 Å². The quantitative estimate of drug-likeness (QED) is 0.464. The number of fused-ring (bicyclic) bond motifs is 1. The average Bonchev–Trinajstić information content (AvgIpc) is 3.08. The van der Waals surface area contributed by atoms with Gasteiger partial charge in [0.25, 0.3) is 5.91 Å². The molecule has 4 aromatic rings. The average molecular weight is 385 g/mol. The van der Waals surface area contributed by atoms with E-state index in [1.165, 1.54) is 0 Å². The number of nitrogens with one attached hydrogen (secondary N) is 3. The van der Waals surface area contributed by atoms with E-state index in [2.05, 4.69) is 15.3 Å². The molecule has 3 aromatic carbocycles. The van der Waals surface area contributed by atoms with E-state index < -0.39 is 5.91 Å². The third-order valence-electron chi connectivity index (χ3n) is 4.83. The number of carbonyl (C=O) groups is 2. The summed E-state index contributed by atoms with van der Waals surface area (Å²) >= 11 is 0. The maximum absolute atomic E-state index is 13.2. The Morgan fingerprint density at radius 1 is 0.793 bits per heavy atom. The lowest BCUT2D eigenvalue weighted by Gasteiger charge is -2.11. The molecule has 0 atom stereocenters. The van der Waals surface area contributed by atoms with Gasteiger partial charge in [0.1, 0.15) is 0 Å². The number of aromatic amines is 2. The van der Waals surface area contributed by atoms with Crippen molar-refractivity contribution in [3.63, 3.8) is 0 Å². The molecule has 0 saturated heterocycles. The number of anilines is 1. The zero-order valence-electron chi connectivity index (χ0n) is 16.0. The fourth-order valence-corrected chi connectivity index (χ4v) is 3.31. The summed E-state index contributed by atoms with van der Waals surface area (Å²) in [6.07, 6.45) is 0. The zero-order chi connectivity index (χ0) is 20.5. The smallest absolute Gasteiger partial charge is 0.322 e. The highest BCUT2D eigenvalue weighted by atomic mass is 16.2. The highest BCUT2D eigenvalue weighted by Crippen LogP contribution is 2.21. The van der Waals surface area contributed by atoms with Gasteiger partial charge in [-0.1, -0.05) is 35.9 Å². The normalized spacial score (nSPS) is 10.8. The van der Waals surface area contributed by atoms with E-state index >= 15 is 0 Å². The minimum atomic E-state index is -0.392. The highest BCUT2D eigenvalue weighted by Gasteiger charge is 2.19. The third kappa shape index (κ3) is 3.60. The van der Waals surface area contributed by atoms with Crippen molar-refractivity contribution < 1.29 is 9.59 Å². The number of hydrogen-bond donors (Lipinski definition) is 3. The molecule has 0 spiro atoms. The summed E-state index contributed by atoms with van der Waals surface area (Å²) < 4.78 is 0. The first-order chi connectivity index (χ1) is 13.9. The van der Waals surface area contributed by atoms with Gasteiger partial charge in [-0.15, -0.1) is 0 Å². The summed E-state index contributed by atoms with van der Waals surface area (Å²) in [5, 5.41) is 2.81. The van der Waals surface area contributed by atoms with Crippen molar-refractivity contribution in [3.8, 4) is 0 Å². The number of imidazole rings is 1. The van der Waals surface area contributed by atoms with Gasteiger partial charge in [0, 0.05) is 16.8 Å². The molecule has 0 fully saturated rings. The van der Waals surface area contributed by atoms with Crippen molar-refractivity contribution in [2.24, 2.45) is 0 Å². The molecule has 1 amide bonds. The SMILES string of the molecule is Cc1ccc(C)c(C(=O)c2ccccc2C(=O)Nc2ccc3[nH]c(=O)[nH]c3c2)c1. The van der Waals surface area contributed by atoms with Gasteiger partial charge >= 0.3 is 5.69 Å². The van der Waals surface area contributed by atoms with E-state index in [0.29, 0.717) is 33.4 Å². The fraction of sp³-hybridized carbons (Fsp3) is 0.0870. The Kier molecular flexibility index (Phi) is 4.60. The van der Waals surface area contributed by atoms with Crippen molar-refractivity contribution in [1.82, 2.24) is 9.97 Å². The monoisotopic (exact) mass is 385 g/mol. The summed E-state index contributed by atoms with van der Waals surface area (Å²) in [6, 6.07) is 17.5. The highest BCUT2D eigenvalue weighted by molar-refractivity contribution is 6.18. The Labute approximate surface area is 166 Å². The molecule has 0 unspecified atom stereocenters. The topological polar surface area (TPSA) is 94.8 Å². The van der Waals surface area contributed by atoms with Crippen LogP contribution in [-0.4, -0.2) is 21.7 Å². The molecule has 29 heavy (non-hydrogen) atoms. The van der Waals surface area contributed by atoms with Crippen molar-refractivity contribution in [2.45, 2.75) is 13.8 Å². The molecule has 6 nitrogen and oxygen atoms in total. The molecule has 0 radical (unpaired) electrons. The van der Waals surface area contributed by atoms with Crippen LogP contribution in [0.5, 0.6) is 0 Å².